The van der Waals surface area contributed by atoms with E-state index in [0.29, 0.717) is 5.92 Å². The molecule has 1 fully saturated rings. The molecule has 2 N–H and O–H groups in total. The molecule has 0 spiro atoms. The summed E-state index contributed by atoms with van der Waals surface area (Å²) in [7, 11) is 0. The molecule has 1 aliphatic carbocycles. The van der Waals surface area contributed by atoms with Crippen LogP contribution in [0.2, 0.25) is 0 Å². The van der Waals surface area contributed by atoms with Gasteiger partial charge in [0.15, 0.2) is 0 Å². The van der Waals surface area contributed by atoms with Crippen LogP contribution in [0.3, 0.4) is 0 Å². The van der Waals surface area contributed by atoms with Crippen LogP contribution in [0.1, 0.15) is 56.8 Å². The van der Waals surface area contributed by atoms with E-state index in [-0.39, 0.29) is 17.9 Å². The first-order valence-electron chi connectivity index (χ1n) is 7.94. The molecule has 1 atom stereocenters. The lowest BCUT2D eigenvalue weighted by Gasteiger charge is -2.30. The first-order chi connectivity index (χ1) is 9.91. The van der Waals surface area contributed by atoms with Crippen molar-refractivity contribution in [3.63, 3.8) is 0 Å². The zero-order valence-electron chi connectivity index (χ0n) is 13.4. The maximum atomic E-state index is 12.4. The van der Waals surface area contributed by atoms with Crippen molar-refractivity contribution in [3.05, 3.63) is 35.4 Å². The molecule has 0 heterocycles. The second kappa shape index (κ2) is 6.61. The summed E-state index contributed by atoms with van der Waals surface area (Å²) in [5, 5.41) is 13.1. The Labute approximate surface area is 127 Å². The third-order valence-corrected chi connectivity index (χ3v) is 4.84. The molecule has 1 unspecified atom stereocenters. The van der Waals surface area contributed by atoms with Crippen LogP contribution in [-0.2, 0) is 4.79 Å². The van der Waals surface area contributed by atoms with Crippen LogP contribution in [0.15, 0.2) is 24.3 Å². The van der Waals surface area contributed by atoms with Gasteiger partial charge in [-0.1, -0.05) is 56.5 Å². The average Bonchev–Trinajstić information content (AvgIpc) is 2.99. The Hall–Kier alpha value is -1.35. The third kappa shape index (κ3) is 3.85. The number of aryl methyl sites for hydroxylation is 1. The van der Waals surface area contributed by atoms with Gasteiger partial charge in [0, 0.05) is 12.0 Å². The molecule has 0 saturated heterocycles. The van der Waals surface area contributed by atoms with Gasteiger partial charge in [-0.3, -0.25) is 4.79 Å². The fourth-order valence-corrected chi connectivity index (χ4v) is 3.25. The van der Waals surface area contributed by atoms with Gasteiger partial charge in [-0.25, -0.2) is 0 Å². The number of carbonyl (C=O) groups is 1. The Morgan fingerprint density at radius 3 is 2.67 bits per heavy atom. The van der Waals surface area contributed by atoms with Crippen LogP contribution in [0.5, 0.6) is 0 Å². The summed E-state index contributed by atoms with van der Waals surface area (Å²) in [4.78, 5) is 12.4. The molecule has 1 saturated carbocycles. The van der Waals surface area contributed by atoms with Crippen LogP contribution in [0, 0.1) is 18.3 Å². The minimum Gasteiger partial charge on any atom is -0.387 e. The molecule has 0 aromatic heterocycles. The van der Waals surface area contributed by atoms with E-state index >= 15 is 0 Å². The van der Waals surface area contributed by atoms with Crippen LogP contribution < -0.4 is 5.32 Å². The van der Waals surface area contributed by atoms with Gasteiger partial charge in [-0.15, -0.1) is 0 Å². The van der Waals surface area contributed by atoms with Crippen molar-refractivity contribution in [1.82, 2.24) is 5.32 Å². The number of aliphatic hydroxyl groups is 1. The molecule has 3 heteroatoms. The number of nitrogens with one attached hydrogen (secondary N) is 1. The zero-order valence-corrected chi connectivity index (χ0v) is 13.4. The number of hydrogen-bond acceptors (Lipinski definition) is 2. The Bertz CT molecular complexity index is 490. The van der Waals surface area contributed by atoms with E-state index in [1.807, 2.05) is 45.0 Å². The topological polar surface area (TPSA) is 49.3 Å². The molecule has 1 aliphatic rings. The van der Waals surface area contributed by atoms with Crippen molar-refractivity contribution in [3.8, 4) is 0 Å². The molecular formula is C18H27NO2. The van der Waals surface area contributed by atoms with E-state index < -0.39 is 6.10 Å². The molecule has 0 radical (unpaired) electrons. The fraction of sp³-hybridized carbons (Fsp3) is 0.611. The lowest BCUT2D eigenvalue weighted by atomic mass is 9.77. The SMILES string of the molecule is Cc1cccc(C(O)CNC(=O)C(C)(C)C2CCCC2)c1. The van der Waals surface area contributed by atoms with E-state index in [0.717, 1.165) is 24.0 Å². The van der Waals surface area contributed by atoms with Crippen molar-refractivity contribution >= 4 is 5.91 Å². The molecule has 3 nitrogen and oxygen atoms in total. The van der Waals surface area contributed by atoms with Gasteiger partial charge < -0.3 is 10.4 Å². The zero-order chi connectivity index (χ0) is 15.5. The van der Waals surface area contributed by atoms with Crippen LogP contribution >= 0.6 is 0 Å². The first-order valence-corrected chi connectivity index (χ1v) is 7.94. The number of rotatable bonds is 5. The molecule has 21 heavy (non-hydrogen) atoms. The lowest BCUT2D eigenvalue weighted by molar-refractivity contribution is -0.132. The van der Waals surface area contributed by atoms with E-state index in [1.165, 1.54) is 12.8 Å². The quantitative estimate of drug-likeness (QED) is 0.873. The van der Waals surface area contributed by atoms with E-state index in [9.17, 15) is 9.90 Å². The maximum Gasteiger partial charge on any atom is 0.226 e. The second-order valence-corrected chi connectivity index (χ2v) is 6.84. The van der Waals surface area contributed by atoms with Gasteiger partial charge in [0.25, 0.3) is 0 Å². The highest BCUT2D eigenvalue weighted by Gasteiger charge is 2.38. The lowest BCUT2D eigenvalue weighted by Crippen LogP contribution is -2.42. The average molecular weight is 289 g/mol. The number of hydrogen-bond donors (Lipinski definition) is 2. The van der Waals surface area contributed by atoms with Crippen molar-refractivity contribution in [2.45, 2.75) is 52.6 Å². The largest absolute Gasteiger partial charge is 0.387 e. The van der Waals surface area contributed by atoms with Crippen molar-refractivity contribution in [2.24, 2.45) is 11.3 Å². The summed E-state index contributed by atoms with van der Waals surface area (Å²) >= 11 is 0. The molecule has 1 aromatic rings. The summed E-state index contributed by atoms with van der Waals surface area (Å²) in [6.45, 7) is 6.32. The van der Waals surface area contributed by atoms with Crippen molar-refractivity contribution < 1.29 is 9.90 Å². The minimum atomic E-state index is -0.645. The van der Waals surface area contributed by atoms with Crippen molar-refractivity contribution in [1.29, 1.82) is 0 Å². The summed E-state index contributed by atoms with van der Waals surface area (Å²) in [5.41, 5.74) is 1.63. The molecule has 116 valence electrons. The number of amides is 1. The summed E-state index contributed by atoms with van der Waals surface area (Å²) in [6, 6.07) is 7.78. The molecule has 2 rings (SSSR count). The fourth-order valence-electron chi connectivity index (χ4n) is 3.25. The van der Waals surface area contributed by atoms with Gasteiger partial charge in [-0.05, 0) is 31.2 Å². The highest BCUT2D eigenvalue weighted by molar-refractivity contribution is 5.82. The highest BCUT2D eigenvalue weighted by atomic mass is 16.3. The van der Waals surface area contributed by atoms with E-state index in [1.54, 1.807) is 0 Å². The smallest absolute Gasteiger partial charge is 0.226 e. The predicted molar refractivity (Wildman–Crippen MR) is 84.9 cm³/mol. The normalized spacial score (nSPS) is 17.7. The second-order valence-electron chi connectivity index (χ2n) is 6.84. The Morgan fingerprint density at radius 2 is 2.05 bits per heavy atom. The molecule has 1 aromatic carbocycles. The monoisotopic (exact) mass is 289 g/mol. The molecule has 0 aliphatic heterocycles. The summed E-state index contributed by atoms with van der Waals surface area (Å²) in [5.74, 6) is 0.523. The standard InChI is InChI=1S/C18H27NO2/c1-13-7-6-8-14(11-13)16(20)12-19-17(21)18(2,3)15-9-4-5-10-15/h6-8,11,15-16,20H,4-5,9-10,12H2,1-3H3,(H,19,21). The molecular weight excluding hydrogens is 262 g/mol. The van der Waals surface area contributed by atoms with Gasteiger partial charge in [0.2, 0.25) is 5.91 Å². The first kappa shape index (κ1) is 16.0. The number of benzene rings is 1. The van der Waals surface area contributed by atoms with Gasteiger partial charge >= 0.3 is 0 Å². The van der Waals surface area contributed by atoms with Gasteiger partial charge in [-0.2, -0.15) is 0 Å². The maximum absolute atomic E-state index is 12.4. The van der Waals surface area contributed by atoms with E-state index in [2.05, 4.69) is 5.32 Å². The van der Waals surface area contributed by atoms with Crippen molar-refractivity contribution in [2.75, 3.05) is 6.54 Å². The van der Waals surface area contributed by atoms with Crippen LogP contribution in [-0.4, -0.2) is 17.6 Å². The minimum absolute atomic E-state index is 0.0566. The van der Waals surface area contributed by atoms with Gasteiger partial charge in [0.1, 0.15) is 0 Å². The predicted octanol–water partition coefficient (Wildman–Crippen LogP) is 3.36. The third-order valence-electron chi connectivity index (χ3n) is 4.84. The Kier molecular flexibility index (Phi) is 5.04. The molecule has 0 bridgehead atoms. The highest BCUT2D eigenvalue weighted by Crippen LogP contribution is 2.39. The Morgan fingerprint density at radius 1 is 1.38 bits per heavy atom. The van der Waals surface area contributed by atoms with Crippen LogP contribution in [0.4, 0.5) is 0 Å². The van der Waals surface area contributed by atoms with E-state index in [4.69, 9.17) is 0 Å². The molecule has 1 amide bonds. The van der Waals surface area contributed by atoms with Gasteiger partial charge in [0.05, 0.1) is 6.10 Å². The number of aliphatic hydroxyl groups excluding tert-OH is 1. The summed E-state index contributed by atoms with van der Waals surface area (Å²) < 4.78 is 0. The number of carbonyl (C=O) groups excluding carboxylic acids is 1. The Balaban J connectivity index is 1.91. The summed E-state index contributed by atoms with van der Waals surface area (Å²) in [6.07, 6.45) is 4.09. The van der Waals surface area contributed by atoms with Crippen LogP contribution in [0.25, 0.3) is 0 Å².